The number of alkyl halides is 3. The highest BCUT2D eigenvalue weighted by molar-refractivity contribution is 5.97. The maximum atomic E-state index is 13.3. The molecule has 0 radical (unpaired) electrons. The highest BCUT2D eigenvalue weighted by atomic mass is 19.4. The van der Waals surface area contributed by atoms with Crippen LogP contribution < -0.4 is 0 Å². The molecule has 0 aliphatic heterocycles. The van der Waals surface area contributed by atoms with E-state index >= 15 is 0 Å². The minimum atomic E-state index is -4.84. The van der Waals surface area contributed by atoms with Crippen molar-refractivity contribution in [3.63, 3.8) is 0 Å². The minimum absolute atomic E-state index is 0.00447. The Morgan fingerprint density at radius 1 is 1.14 bits per heavy atom. The third-order valence-corrected chi connectivity index (χ3v) is 3.07. The van der Waals surface area contributed by atoms with E-state index in [1.165, 1.54) is 12.1 Å². The molecule has 0 heterocycles. The average molecular weight is 298 g/mol. The lowest BCUT2D eigenvalue weighted by molar-refractivity contribution is -0.139. The van der Waals surface area contributed by atoms with E-state index in [-0.39, 0.29) is 16.7 Å². The van der Waals surface area contributed by atoms with Gasteiger partial charge in [-0.2, -0.15) is 13.2 Å². The minimum Gasteiger partial charge on any atom is -0.478 e. The Balaban J connectivity index is 2.69. The van der Waals surface area contributed by atoms with Gasteiger partial charge >= 0.3 is 12.1 Å². The van der Waals surface area contributed by atoms with Crippen LogP contribution in [-0.2, 0) is 6.18 Å². The van der Waals surface area contributed by atoms with Gasteiger partial charge in [0.05, 0.1) is 11.1 Å². The zero-order valence-corrected chi connectivity index (χ0v) is 10.8. The van der Waals surface area contributed by atoms with Gasteiger partial charge in [0.2, 0.25) is 0 Å². The molecule has 0 saturated carbocycles. The normalized spacial score (nSPS) is 11.5. The molecular formula is C15H10F4O2. The number of carboxylic acids is 1. The van der Waals surface area contributed by atoms with Crippen molar-refractivity contribution in [2.24, 2.45) is 0 Å². The number of aromatic carboxylic acids is 1. The molecule has 6 heteroatoms. The Bertz CT molecular complexity index is 705. The Labute approximate surface area is 117 Å². The molecule has 0 bridgehead atoms. The third kappa shape index (κ3) is 2.89. The Hall–Kier alpha value is -2.37. The van der Waals surface area contributed by atoms with Crippen LogP contribution in [0.15, 0.2) is 36.4 Å². The van der Waals surface area contributed by atoms with Crippen LogP contribution in [0, 0.1) is 12.7 Å². The number of hydrogen-bond acceptors (Lipinski definition) is 1. The fraction of sp³-hybridized carbons (Fsp3) is 0.133. The fourth-order valence-corrected chi connectivity index (χ4v) is 2.10. The predicted octanol–water partition coefficient (Wildman–Crippen LogP) is 4.52. The second kappa shape index (κ2) is 5.20. The van der Waals surface area contributed by atoms with Gasteiger partial charge in [-0.3, -0.25) is 0 Å². The lowest BCUT2D eigenvalue weighted by atomic mass is 9.94. The molecule has 0 spiro atoms. The first-order chi connectivity index (χ1) is 9.71. The van der Waals surface area contributed by atoms with Crippen molar-refractivity contribution in [2.45, 2.75) is 13.1 Å². The van der Waals surface area contributed by atoms with Gasteiger partial charge in [0.25, 0.3) is 0 Å². The number of rotatable bonds is 2. The van der Waals surface area contributed by atoms with Gasteiger partial charge < -0.3 is 5.11 Å². The van der Waals surface area contributed by atoms with Crippen molar-refractivity contribution in [1.82, 2.24) is 0 Å². The van der Waals surface area contributed by atoms with Crippen LogP contribution in [0.1, 0.15) is 21.5 Å². The average Bonchev–Trinajstić information content (AvgIpc) is 2.37. The first-order valence-electron chi connectivity index (χ1n) is 5.92. The van der Waals surface area contributed by atoms with Gasteiger partial charge in [0.15, 0.2) is 0 Å². The standard InChI is InChI=1S/C15H10F4O2/c1-8-3-2-4-10(13(8)14(20)21)9-5-6-12(16)11(7-9)15(17,18)19/h2-7H,1H3,(H,20,21). The Kier molecular flexibility index (Phi) is 3.72. The molecule has 21 heavy (non-hydrogen) atoms. The zero-order chi connectivity index (χ0) is 15.8. The molecule has 0 atom stereocenters. The quantitative estimate of drug-likeness (QED) is 0.828. The molecule has 0 aliphatic carbocycles. The largest absolute Gasteiger partial charge is 0.478 e. The molecule has 2 rings (SSSR count). The lowest BCUT2D eigenvalue weighted by Crippen LogP contribution is -2.09. The molecule has 2 nitrogen and oxygen atoms in total. The molecule has 0 saturated heterocycles. The van der Waals surface area contributed by atoms with Crippen LogP contribution in [0.2, 0.25) is 0 Å². The van der Waals surface area contributed by atoms with Gasteiger partial charge in [0.1, 0.15) is 5.82 Å². The van der Waals surface area contributed by atoms with E-state index in [1.807, 2.05) is 0 Å². The second-order valence-electron chi connectivity index (χ2n) is 4.50. The lowest BCUT2D eigenvalue weighted by Gasteiger charge is -2.13. The number of halogens is 4. The first kappa shape index (κ1) is 15.0. The van der Waals surface area contributed by atoms with Crippen LogP contribution in [-0.4, -0.2) is 11.1 Å². The summed E-state index contributed by atoms with van der Waals surface area (Å²) < 4.78 is 51.5. The van der Waals surface area contributed by atoms with Crippen LogP contribution in [0.3, 0.4) is 0 Å². The van der Waals surface area contributed by atoms with E-state index in [2.05, 4.69) is 0 Å². The maximum Gasteiger partial charge on any atom is 0.419 e. The summed E-state index contributed by atoms with van der Waals surface area (Å²) >= 11 is 0. The molecular weight excluding hydrogens is 288 g/mol. The van der Waals surface area contributed by atoms with Crippen molar-refractivity contribution in [3.8, 4) is 11.1 Å². The number of aryl methyl sites for hydroxylation is 1. The number of benzene rings is 2. The van der Waals surface area contributed by atoms with E-state index in [0.29, 0.717) is 17.7 Å². The topological polar surface area (TPSA) is 37.3 Å². The summed E-state index contributed by atoms with van der Waals surface area (Å²) in [6.07, 6.45) is -4.84. The van der Waals surface area contributed by atoms with Crippen molar-refractivity contribution < 1.29 is 27.5 Å². The summed E-state index contributed by atoms with van der Waals surface area (Å²) in [6, 6.07) is 6.91. The highest BCUT2D eigenvalue weighted by Gasteiger charge is 2.34. The van der Waals surface area contributed by atoms with E-state index in [9.17, 15) is 27.5 Å². The van der Waals surface area contributed by atoms with Gasteiger partial charge in [-0.05, 0) is 35.7 Å². The molecule has 110 valence electrons. The van der Waals surface area contributed by atoms with Gasteiger partial charge in [0, 0.05) is 0 Å². The second-order valence-corrected chi connectivity index (χ2v) is 4.50. The summed E-state index contributed by atoms with van der Waals surface area (Å²) in [5.74, 6) is -2.64. The van der Waals surface area contributed by atoms with Gasteiger partial charge in [-0.15, -0.1) is 0 Å². The summed E-state index contributed by atoms with van der Waals surface area (Å²) in [4.78, 5) is 11.3. The Morgan fingerprint density at radius 3 is 2.38 bits per heavy atom. The molecule has 0 fully saturated rings. The maximum absolute atomic E-state index is 13.3. The van der Waals surface area contributed by atoms with E-state index in [4.69, 9.17) is 0 Å². The number of hydrogen-bond donors (Lipinski definition) is 1. The predicted molar refractivity (Wildman–Crippen MR) is 68.5 cm³/mol. The van der Waals surface area contributed by atoms with Crippen molar-refractivity contribution in [1.29, 1.82) is 0 Å². The molecule has 1 N–H and O–H groups in total. The highest BCUT2D eigenvalue weighted by Crippen LogP contribution is 2.35. The van der Waals surface area contributed by atoms with Crippen LogP contribution in [0.25, 0.3) is 11.1 Å². The first-order valence-corrected chi connectivity index (χ1v) is 5.92. The Morgan fingerprint density at radius 2 is 1.81 bits per heavy atom. The van der Waals surface area contributed by atoms with Gasteiger partial charge in [-0.1, -0.05) is 24.3 Å². The van der Waals surface area contributed by atoms with Crippen molar-refractivity contribution in [3.05, 3.63) is 58.9 Å². The van der Waals surface area contributed by atoms with E-state index in [0.717, 1.165) is 6.07 Å². The van der Waals surface area contributed by atoms with Crippen molar-refractivity contribution >= 4 is 5.97 Å². The van der Waals surface area contributed by atoms with Crippen LogP contribution >= 0.6 is 0 Å². The number of carbonyl (C=O) groups is 1. The summed E-state index contributed by atoms with van der Waals surface area (Å²) in [7, 11) is 0. The zero-order valence-electron chi connectivity index (χ0n) is 10.8. The van der Waals surface area contributed by atoms with E-state index in [1.54, 1.807) is 13.0 Å². The molecule has 0 aliphatic rings. The SMILES string of the molecule is Cc1cccc(-c2ccc(F)c(C(F)(F)F)c2)c1C(=O)O. The molecule has 2 aromatic rings. The summed E-state index contributed by atoms with van der Waals surface area (Å²) in [5, 5.41) is 9.20. The monoisotopic (exact) mass is 298 g/mol. The van der Waals surface area contributed by atoms with Crippen molar-refractivity contribution in [2.75, 3.05) is 0 Å². The van der Waals surface area contributed by atoms with Crippen LogP contribution in [0.4, 0.5) is 17.6 Å². The van der Waals surface area contributed by atoms with E-state index < -0.39 is 23.5 Å². The molecule has 0 amide bonds. The molecule has 0 unspecified atom stereocenters. The van der Waals surface area contributed by atoms with Crippen LogP contribution in [0.5, 0.6) is 0 Å². The fourth-order valence-electron chi connectivity index (χ4n) is 2.10. The number of carboxylic acid groups (broad SMARTS) is 1. The summed E-state index contributed by atoms with van der Waals surface area (Å²) in [5.41, 5.74) is -0.981. The molecule has 2 aromatic carbocycles. The third-order valence-electron chi connectivity index (χ3n) is 3.07. The van der Waals surface area contributed by atoms with Gasteiger partial charge in [-0.25, -0.2) is 9.18 Å². The molecule has 0 aromatic heterocycles. The smallest absolute Gasteiger partial charge is 0.419 e. The summed E-state index contributed by atoms with van der Waals surface area (Å²) in [6.45, 7) is 1.54.